The summed E-state index contributed by atoms with van der Waals surface area (Å²) in [7, 11) is 0. The summed E-state index contributed by atoms with van der Waals surface area (Å²) in [4.78, 5) is 8.70. The first kappa shape index (κ1) is 13.7. The minimum absolute atomic E-state index is 0.262. The van der Waals surface area contributed by atoms with E-state index in [2.05, 4.69) is 22.0 Å². The van der Waals surface area contributed by atoms with Crippen molar-refractivity contribution in [3.63, 3.8) is 0 Å². The summed E-state index contributed by atoms with van der Waals surface area (Å²) in [5, 5.41) is 3.26. The highest BCUT2D eigenvalue weighted by Crippen LogP contribution is 2.29. The summed E-state index contributed by atoms with van der Waals surface area (Å²) < 4.78 is 13.2. The molecule has 1 N–H and O–H groups in total. The summed E-state index contributed by atoms with van der Waals surface area (Å²) in [6.07, 6.45) is 3.56. The van der Waals surface area contributed by atoms with Crippen LogP contribution in [0, 0.1) is 5.82 Å². The molecule has 0 bridgehead atoms. The fourth-order valence-corrected chi connectivity index (χ4v) is 2.40. The monoisotopic (exact) mass is 275 g/mol. The van der Waals surface area contributed by atoms with E-state index in [1.807, 2.05) is 18.3 Å². The summed E-state index contributed by atoms with van der Waals surface area (Å²) in [5.74, 6) is 0.406. The average Bonchev–Trinajstić information content (AvgIpc) is 2.45. The number of thioether (sulfide) groups is 1. The van der Waals surface area contributed by atoms with Crippen molar-refractivity contribution in [1.29, 1.82) is 0 Å². The molecular formula is C14H14FN3S. The molecule has 1 aromatic carbocycles. The van der Waals surface area contributed by atoms with Gasteiger partial charge in [0.1, 0.15) is 5.82 Å². The molecule has 0 atom stereocenters. The van der Waals surface area contributed by atoms with Gasteiger partial charge in [0.2, 0.25) is 0 Å². The van der Waals surface area contributed by atoms with E-state index in [4.69, 9.17) is 0 Å². The maximum atomic E-state index is 13.2. The van der Waals surface area contributed by atoms with Gasteiger partial charge >= 0.3 is 0 Å². The van der Waals surface area contributed by atoms with E-state index in [1.165, 1.54) is 23.9 Å². The summed E-state index contributed by atoms with van der Waals surface area (Å²) in [6, 6.07) is 8.39. The van der Waals surface area contributed by atoms with Gasteiger partial charge < -0.3 is 5.32 Å². The van der Waals surface area contributed by atoms with Gasteiger partial charge in [0, 0.05) is 29.7 Å². The maximum Gasteiger partial charge on any atom is 0.124 e. The quantitative estimate of drug-likeness (QED) is 0.380. The number of benzene rings is 1. The van der Waals surface area contributed by atoms with Crippen molar-refractivity contribution in [2.45, 2.75) is 11.4 Å². The SMILES string of the molecule is C=Nc1ccc(F)cc1SCNCc1cccnc1. The van der Waals surface area contributed by atoms with Gasteiger partial charge in [-0.1, -0.05) is 6.07 Å². The molecule has 1 aromatic heterocycles. The van der Waals surface area contributed by atoms with Crippen LogP contribution in [-0.4, -0.2) is 17.6 Å². The highest BCUT2D eigenvalue weighted by atomic mass is 32.2. The molecule has 0 saturated carbocycles. The van der Waals surface area contributed by atoms with Crippen LogP contribution in [-0.2, 0) is 6.54 Å². The van der Waals surface area contributed by atoms with Crippen molar-refractivity contribution in [3.05, 3.63) is 54.1 Å². The topological polar surface area (TPSA) is 37.3 Å². The van der Waals surface area contributed by atoms with Crippen LogP contribution in [0.2, 0.25) is 0 Å². The lowest BCUT2D eigenvalue weighted by Crippen LogP contribution is -2.12. The molecule has 5 heteroatoms. The van der Waals surface area contributed by atoms with Crippen molar-refractivity contribution in [2.75, 3.05) is 5.88 Å². The van der Waals surface area contributed by atoms with Gasteiger partial charge in [-0.05, 0) is 36.5 Å². The summed E-state index contributed by atoms with van der Waals surface area (Å²) >= 11 is 1.50. The minimum atomic E-state index is -0.262. The van der Waals surface area contributed by atoms with Crippen molar-refractivity contribution in [2.24, 2.45) is 4.99 Å². The fraction of sp³-hybridized carbons (Fsp3) is 0.143. The standard InChI is InChI=1S/C14H14FN3S/c1-16-13-5-4-12(15)7-14(13)19-10-18-9-11-3-2-6-17-8-11/h2-8,18H,1,9-10H2. The Balaban J connectivity index is 1.86. The highest BCUT2D eigenvalue weighted by Gasteiger charge is 2.03. The van der Waals surface area contributed by atoms with Crippen LogP contribution in [0.15, 0.2) is 52.6 Å². The zero-order chi connectivity index (χ0) is 13.5. The summed E-state index contributed by atoms with van der Waals surface area (Å²) in [5.41, 5.74) is 1.82. The molecule has 19 heavy (non-hydrogen) atoms. The molecule has 0 aliphatic carbocycles. The lowest BCUT2D eigenvalue weighted by Gasteiger charge is -2.07. The van der Waals surface area contributed by atoms with E-state index >= 15 is 0 Å². The Hall–Kier alpha value is -1.72. The lowest BCUT2D eigenvalue weighted by atomic mass is 10.3. The number of halogens is 1. The van der Waals surface area contributed by atoms with E-state index in [0.717, 1.165) is 17.0 Å². The Bertz CT molecular complexity index is 546. The van der Waals surface area contributed by atoms with E-state index in [-0.39, 0.29) is 5.82 Å². The lowest BCUT2D eigenvalue weighted by molar-refractivity contribution is 0.624. The van der Waals surface area contributed by atoms with Crippen LogP contribution in [0.4, 0.5) is 10.1 Å². The fourth-order valence-electron chi connectivity index (χ4n) is 1.56. The Morgan fingerprint density at radius 1 is 1.37 bits per heavy atom. The number of pyridine rings is 1. The van der Waals surface area contributed by atoms with Gasteiger partial charge in [-0.15, -0.1) is 11.8 Å². The Labute approximate surface area is 116 Å². The van der Waals surface area contributed by atoms with Crippen LogP contribution < -0.4 is 5.32 Å². The number of aliphatic imine (C=N–C) groups is 1. The second-order valence-corrected chi connectivity index (χ2v) is 4.86. The third-order valence-corrected chi connectivity index (χ3v) is 3.46. The van der Waals surface area contributed by atoms with E-state index < -0.39 is 0 Å². The van der Waals surface area contributed by atoms with Crippen molar-refractivity contribution in [3.8, 4) is 0 Å². The normalized spacial score (nSPS) is 10.4. The Morgan fingerprint density at radius 3 is 3.00 bits per heavy atom. The van der Waals surface area contributed by atoms with Crippen LogP contribution in [0.3, 0.4) is 0 Å². The summed E-state index contributed by atoms with van der Waals surface area (Å²) in [6.45, 7) is 4.21. The molecule has 0 fully saturated rings. The van der Waals surface area contributed by atoms with Gasteiger partial charge in [-0.25, -0.2) is 4.39 Å². The average molecular weight is 275 g/mol. The third kappa shape index (κ3) is 4.15. The van der Waals surface area contributed by atoms with E-state index in [9.17, 15) is 4.39 Å². The second kappa shape index (κ2) is 7.01. The molecule has 3 nitrogen and oxygen atoms in total. The predicted molar refractivity (Wildman–Crippen MR) is 77.4 cm³/mol. The molecule has 98 valence electrons. The van der Waals surface area contributed by atoms with Gasteiger partial charge in [-0.3, -0.25) is 9.98 Å². The molecule has 1 heterocycles. The van der Waals surface area contributed by atoms with E-state index in [0.29, 0.717) is 11.6 Å². The molecule has 0 aliphatic rings. The van der Waals surface area contributed by atoms with Crippen molar-refractivity contribution >= 4 is 24.2 Å². The number of hydrogen-bond donors (Lipinski definition) is 1. The first-order valence-electron chi connectivity index (χ1n) is 5.78. The van der Waals surface area contributed by atoms with Crippen LogP contribution in [0.5, 0.6) is 0 Å². The molecular weight excluding hydrogens is 261 g/mol. The van der Waals surface area contributed by atoms with Crippen molar-refractivity contribution in [1.82, 2.24) is 10.3 Å². The molecule has 2 aromatic rings. The number of nitrogens with one attached hydrogen (secondary N) is 1. The smallest absolute Gasteiger partial charge is 0.124 e. The third-order valence-electron chi connectivity index (χ3n) is 2.47. The van der Waals surface area contributed by atoms with Gasteiger partial charge in [-0.2, -0.15) is 0 Å². The van der Waals surface area contributed by atoms with Crippen LogP contribution >= 0.6 is 11.8 Å². The molecule has 0 radical (unpaired) electrons. The number of rotatable bonds is 6. The Morgan fingerprint density at radius 2 is 2.26 bits per heavy atom. The first-order chi connectivity index (χ1) is 9.29. The first-order valence-corrected chi connectivity index (χ1v) is 6.77. The van der Waals surface area contributed by atoms with Crippen LogP contribution in [0.1, 0.15) is 5.56 Å². The van der Waals surface area contributed by atoms with Gasteiger partial charge in [0.25, 0.3) is 0 Å². The zero-order valence-corrected chi connectivity index (χ0v) is 11.2. The molecule has 2 rings (SSSR count). The zero-order valence-electron chi connectivity index (χ0n) is 10.3. The van der Waals surface area contributed by atoms with Gasteiger partial charge in [0.15, 0.2) is 0 Å². The van der Waals surface area contributed by atoms with E-state index in [1.54, 1.807) is 12.3 Å². The largest absolute Gasteiger partial charge is 0.303 e. The number of aromatic nitrogens is 1. The van der Waals surface area contributed by atoms with Gasteiger partial charge in [0.05, 0.1) is 5.69 Å². The Kier molecular flexibility index (Phi) is 5.06. The molecule has 0 amide bonds. The predicted octanol–water partition coefficient (Wildman–Crippen LogP) is 3.39. The highest BCUT2D eigenvalue weighted by molar-refractivity contribution is 7.99. The molecule has 0 aliphatic heterocycles. The second-order valence-electron chi connectivity index (χ2n) is 3.85. The minimum Gasteiger partial charge on any atom is -0.303 e. The maximum absolute atomic E-state index is 13.2. The molecule has 0 spiro atoms. The number of nitrogens with zero attached hydrogens (tertiary/aromatic N) is 2. The number of hydrogen-bond acceptors (Lipinski definition) is 4. The molecule has 0 saturated heterocycles. The van der Waals surface area contributed by atoms with Crippen LogP contribution in [0.25, 0.3) is 0 Å². The van der Waals surface area contributed by atoms with Crippen molar-refractivity contribution < 1.29 is 4.39 Å². The molecule has 0 unspecified atom stereocenters.